The molecule has 0 bridgehead atoms. The van der Waals surface area contributed by atoms with Crippen molar-refractivity contribution < 1.29 is 4.42 Å². The maximum Gasteiger partial charge on any atom is 0.117 e. The van der Waals surface area contributed by atoms with Gasteiger partial charge in [0.25, 0.3) is 0 Å². The van der Waals surface area contributed by atoms with Crippen LogP contribution in [0, 0.1) is 0 Å². The van der Waals surface area contributed by atoms with E-state index in [-0.39, 0.29) is 0 Å². The Morgan fingerprint density at radius 1 is 1.47 bits per heavy atom. The van der Waals surface area contributed by atoms with Gasteiger partial charge in [-0.05, 0) is 37.9 Å². The summed E-state index contributed by atoms with van der Waals surface area (Å²) in [5.74, 6) is 1.07. The van der Waals surface area contributed by atoms with Crippen molar-refractivity contribution in [1.29, 1.82) is 0 Å². The number of nitrogens with one attached hydrogen (secondary N) is 1. The van der Waals surface area contributed by atoms with E-state index in [2.05, 4.69) is 30.1 Å². The summed E-state index contributed by atoms with van der Waals surface area (Å²) >= 11 is 0. The molecule has 0 spiro atoms. The number of likely N-dealkylation sites (N-methyl/N-ethyl adjacent to an activating group) is 1. The second kappa shape index (κ2) is 6.22. The molecule has 1 fully saturated rings. The smallest absolute Gasteiger partial charge is 0.117 e. The van der Waals surface area contributed by atoms with Crippen LogP contribution in [0.4, 0.5) is 0 Å². The summed E-state index contributed by atoms with van der Waals surface area (Å²) < 4.78 is 5.44. The molecule has 3 heteroatoms. The van der Waals surface area contributed by atoms with Crippen LogP contribution in [-0.4, -0.2) is 30.1 Å². The first-order chi connectivity index (χ1) is 8.33. The molecule has 3 nitrogen and oxygen atoms in total. The van der Waals surface area contributed by atoms with Gasteiger partial charge >= 0.3 is 0 Å². The second-order valence-electron chi connectivity index (χ2n) is 4.89. The van der Waals surface area contributed by atoms with Gasteiger partial charge in [0.15, 0.2) is 0 Å². The molecule has 17 heavy (non-hydrogen) atoms. The molecule has 1 aliphatic rings. The standard InChI is InChI=1S/C14H24N2O/c1-3-13(10-15-12-7-8-12)16(4-2)11-14-6-5-9-17-14/h5-6,9,12-13,15H,3-4,7-8,10-11H2,1-2H3. The molecule has 0 radical (unpaired) electrons. The maximum absolute atomic E-state index is 5.44. The Morgan fingerprint density at radius 2 is 2.29 bits per heavy atom. The Labute approximate surface area is 104 Å². The zero-order valence-electron chi connectivity index (χ0n) is 11.0. The molecule has 0 amide bonds. The van der Waals surface area contributed by atoms with Gasteiger partial charge in [0.05, 0.1) is 12.8 Å². The molecule has 1 aromatic heterocycles. The SMILES string of the molecule is CCC(CNC1CC1)N(CC)Cc1ccco1. The molecule has 1 heterocycles. The van der Waals surface area contributed by atoms with E-state index >= 15 is 0 Å². The van der Waals surface area contributed by atoms with Gasteiger partial charge < -0.3 is 9.73 Å². The summed E-state index contributed by atoms with van der Waals surface area (Å²) in [6.45, 7) is 7.60. The van der Waals surface area contributed by atoms with Crippen LogP contribution in [-0.2, 0) is 6.54 Å². The molecule has 2 rings (SSSR count). The molecule has 1 aromatic rings. The molecule has 1 N–H and O–H groups in total. The first kappa shape index (κ1) is 12.7. The first-order valence-electron chi connectivity index (χ1n) is 6.83. The lowest BCUT2D eigenvalue weighted by atomic mass is 10.1. The van der Waals surface area contributed by atoms with Crippen molar-refractivity contribution in [2.45, 2.75) is 51.7 Å². The van der Waals surface area contributed by atoms with Crippen molar-refractivity contribution in [2.24, 2.45) is 0 Å². The van der Waals surface area contributed by atoms with Crippen molar-refractivity contribution in [1.82, 2.24) is 10.2 Å². The third-order valence-electron chi connectivity index (χ3n) is 3.55. The van der Waals surface area contributed by atoms with E-state index in [4.69, 9.17) is 4.42 Å². The fraction of sp³-hybridized carbons (Fsp3) is 0.714. The molecule has 1 saturated carbocycles. The minimum absolute atomic E-state index is 0.616. The van der Waals surface area contributed by atoms with Gasteiger partial charge in [0.2, 0.25) is 0 Å². The second-order valence-corrected chi connectivity index (χ2v) is 4.89. The summed E-state index contributed by atoms with van der Waals surface area (Å²) in [6.07, 6.45) is 5.67. The first-order valence-corrected chi connectivity index (χ1v) is 6.83. The van der Waals surface area contributed by atoms with Crippen LogP contribution in [0.15, 0.2) is 22.8 Å². The van der Waals surface area contributed by atoms with Crippen molar-refractivity contribution in [3.8, 4) is 0 Å². The number of rotatable bonds is 8. The molecule has 1 unspecified atom stereocenters. The minimum atomic E-state index is 0.616. The van der Waals surface area contributed by atoms with E-state index in [9.17, 15) is 0 Å². The molecule has 0 aliphatic heterocycles. The zero-order valence-corrected chi connectivity index (χ0v) is 11.0. The Kier molecular flexibility index (Phi) is 4.63. The van der Waals surface area contributed by atoms with E-state index in [1.54, 1.807) is 6.26 Å². The highest BCUT2D eigenvalue weighted by Gasteiger charge is 2.23. The predicted octanol–water partition coefficient (Wildman–Crippen LogP) is 2.63. The van der Waals surface area contributed by atoms with Crippen molar-refractivity contribution >= 4 is 0 Å². The summed E-state index contributed by atoms with van der Waals surface area (Å²) in [5.41, 5.74) is 0. The topological polar surface area (TPSA) is 28.4 Å². The Morgan fingerprint density at radius 3 is 2.82 bits per heavy atom. The van der Waals surface area contributed by atoms with Crippen LogP contribution in [0.5, 0.6) is 0 Å². The lowest BCUT2D eigenvalue weighted by Gasteiger charge is -2.29. The summed E-state index contributed by atoms with van der Waals surface area (Å²) in [7, 11) is 0. The molecular weight excluding hydrogens is 212 g/mol. The third-order valence-corrected chi connectivity index (χ3v) is 3.55. The van der Waals surface area contributed by atoms with Crippen molar-refractivity contribution in [2.75, 3.05) is 13.1 Å². The fourth-order valence-corrected chi connectivity index (χ4v) is 2.22. The van der Waals surface area contributed by atoms with Gasteiger partial charge in [-0.25, -0.2) is 0 Å². The van der Waals surface area contributed by atoms with Gasteiger partial charge in [0.1, 0.15) is 5.76 Å². The average molecular weight is 236 g/mol. The number of hydrogen-bond acceptors (Lipinski definition) is 3. The molecule has 1 aliphatic carbocycles. The minimum Gasteiger partial charge on any atom is -0.468 e. The summed E-state index contributed by atoms with van der Waals surface area (Å²) in [5, 5.41) is 3.63. The normalized spacial score (nSPS) is 17.6. The lowest BCUT2D eigenvalue weighted by molar-refractivity contribution is 0.174. The lowest BCUT2D eigenvalue weighted by Crippen LogP contribution is -2.42. The summed E-state index contributed by atoms with van der Waals surface area (Å²) in [4.78, 5) is 2.49. The zero-order chi connectivity index (χ0) is 12.1. The summed E-state index contributed by atoms with van der Waals surface area (Å²) in [6, 6.07) is 5.44. The molecule has 0 saturated heterocycles. The maximum atomic E-state index is 5.44. The van der Waals surface area contributed by atoms with Gasteiger partial charge in [-0.2, -0.15) is 0 Å². The third kappa shape index (κ3) is 3.86. The van der Waals surface area contributed by atoms with Crippen molar-refractivity contribution in [3.05, 3.63) is 24.2 Å². The van der Waals surface area contributed by atoms with Gasteiger partial charge in [-0.15, -0.1) is 0 Å². The van der Waals surface area contributed by atoms with Crippen LogP contribution in [0.2, 0.25) is 0 Å². The number of furan rings is 1. The van der Waals surface area contributed by atoms with Crippen LogP contribution in [0.1, 0.15) is 38.9 Å². The van der Waals surface area contributed by atoms with Crippen LogP contribution in [0.3, 0.4) is 0 Å². The Hall–Kier alpha value is -0.800. The number of nitrogens with zero attached hydrogens (tertiary/aromatic N) is 1. The highest BCUT2D eigenvalue weighted by molar-refractivity contribution is 4.98. The van der Waals surface area contributed by atoms with E-state index in [1.807, 2.05) is 6.07 Å². The van der Waals surface area contributed by atoms with E-state index < -0.39 is 0 Å². The van der Waals surface area contributed by atoms with Crippen LogP contribution < -0.4 is 5.32 Å². The van der Waals surface area contributed by atoms with Crippen LogP contribution in [0.25, 0.3) is 0 Å². The molecule has 0 aromatic carbocycles. The fourth-order valence-electron chi connectivity index (χ4n) is 2.22. The van der Waals surface area contributed by atoms with Gasteiger partial charge in [-0.3, -0.25) is 4.90 Å². The molecule has 1 atom stereocenters. The van der Waals surface area contributed by atoms with E-state index in [0.29, 0.717) is 6.04 Å². The monoisotopic (exact) mass is 236 g/mol. The van der Waals surface area contributed by atoms with Gasteiger partial charge in [-0.1, -0.05) is 13.8 Å². The van der Waals surface area contributed by atoms with E-state index in [1.165, 1.54) is 19.3 Å². The molecular formula is C14H24N2O. The highest BCUT2D eigenvalue weighted by Crippen LogP contribution is 2.19. The highest BCUT2D eigenvalue weighted by atomic mass is 16.3. The predicted molar refractivity (Wildman–Crippen MR) is 69.9 cm³/mol. The average Bonchev–Trinajstić information content (AvgIpc) is 3.03. The van der Waals surface area contributed by atoms with E-state index in [0.717, 1.165) is 31.4 Å². The Bertz CT molecular complexity index is 306. The van der Waals surface area contributed by atoms with Gasteiger partial charge in [0, 0.05) is 18.6 Å². The quantitative estimate of drug-likeness (QED) is 0.752. The number of hydrogen-bond donors (Lipinski definition) is 1. The largest absolute Gasteiger partial charge is 0.468 e. The van der Waals surface area contributed by atoms with Crippen LogP contribution >= 0.6 is 0 Å². The van der Waals surface area contributed by atoms with Crippen molar-refractivity contribution in [3.63, 3.8) is 0 Å². The molecule has 96 valence electrons. The Balaban J connectivity index is 1.84.